The fourth-order valence-corrected chi connectivity index (χ4v) is 3.86. The van der Waals surface area contributed by atoms with Crippen molar-refractivity contribution < 1.29 is 17.9 Å². The molecule has 2 aromatic rings. The van der Waals surface area contributed by atoms with Gasteiger partial charge in [0, 0.05) is 13.0 Å². The zero-order chi connectivity index (χ0) is 21.4. The average molecular weight is 419 g/mol. The first-order chi connectivity index (χ1) is 13.7. The summed E-state index contributed by atoms with van der Waals surface area (Å²) in [7, 11) is -3.42. The van der Waals surface area contributed by atoms with E-state index in [2.05, 4.69) is 5.32 Å². The second kappa shape index (κ2) is 10.3. The van der Waals surface area contributed by atoms with Crippen LogP contribution < -0.4 is 14.4 Å². The van der Waals surface area contributed by atoms with Crippen LogP contribution in [0.1, 0.15) is 29.5 Å². The molecule has 0 fully saturated rings. The minimum absolute atomic E-state index is 0.119. The van der Waals surface area contributed by atoms with E-state index in [-0.39, 0.29) is 18.9 Å². The van der Waals surface area contributed by atoms with Crippen molar-refractivity contribution in [3.05, 3.63) is 59.2 Å². The number of hydrogen-bond donors (Lipinski definition) is 1. The molecule has 1 N–H and O–H groups in total. The van der Waals surface area contributed by atoms with E-state index in [1.165, 1.54) is 10.6 Å². The lowest BCUT2D eigenvalue weighted by atomic mass is 10.1. The van der Waals surface area contributed by atoms with Gasteiger partial charge in [0.05, 0.1) is 18.5 Å². The van der Waals surface area contributed by atoms with Gasteiger partial charge in [0.15, 0.2) is 0 Å². The monoisotopic (exact) mass is 418 g/mol. The van der Waals surface area contributed by atoms with Crippen LogP contribution in [-0.4, -0.2) is 40.3 Å². The van der Waals surface area contributed by atoms with E-state index in [1.807, 2.05) is 57.2 Å². The van der Waals surface area contributed by atoms with Crippen molar-refractivity contribution >= 4 is 21.6 Å². The van der Waals surface area contributed by atoms with Crippen molar-refractivity contribution in [3.8, 4) is 5.75 Å². The van der Waals surface area contributed by atoms with Crippen LogP contribution in [0.25, 0.3) is 0 Å². The Morgan fingerprint density at radius 3 is 2.48 bits per heavy atom. The van der Waals surface area contributed by atoms with Gasteiger partial charge in [-0.25, -0.2) is 8.42 Å². The molecular weight excluding hydrogens is 388 g/mol. The van der Waals surface area contributed by atoms with Gasteiger partial charge in [0.1, 0.15) is 12.4 Å². The molecule has 0 heterocycles. The van der Waals surface area contributed by atoms with Gasteiger partial charge in [0.2, 0.25) is 15.9 Å². The molecule has 0 spiro atoms. The number of carbonyl (C=O) groups excluding carboxylic acids is 1. The molecule has 2 aromatic carbocycles. The van der Waals surface area contributed by atoms with Gasteiger partial charge in [-0.05, 0) is 68.1 Å². The predicted molar refractivity (Wildman–Crippen MR) is 117 cm³/mol. The van der Waals surface area contributed by atoms with Crippen molar-refractivity contribution in [3.63, 3.8) is 0 Å². The maximum absolute atomic E-state index is 12.2. The van der Waals surface area contributed by atoms with Crippen LogP contribution in [0, 0.1) is 20.8 Å². The summed E-state index contributed by atoms with van der Waals surface area (Å²) in [4.78, 5) is 12.0. The number of rotatable bonds is 10. The highest BCUT2D eigenvalue weighted by molar-refractivity contribution is 7.92. The molecule has 29 heavy (non-hydrogen) atoms. The predicted octanol–water partition coefficient (Wildman–Crippen LogP) is 3.35. The van der Waals surface area contributed by atoms with Crippen LogP contribution in [0.5, 0.6) is 5.75 Å². The lowest BCUT2D eigenvalue weighted by Crippen LogP contribution is -2.33. The van der Waals surface area contributed by atoms with Crippen molar-refractivity contribution in [2.75, 3.05) is 30.3 Å². The van der Waals surface area contributed by atoms with Crippen LogP contribution in [0.15, 0.2) is 42.5 Å². The Balaban J connectivity index is 1.78. The van der Waals surface area contributed by atoms with Crippen molar-refractivity contribution in [2.24, 2.45) is 0 Å². The second-order valence-corrected chi connectivity index (χ2v) is 9.13. The SMILES string of the molecule is Cc1cccc(OCCNC(=O)CCCN(c2ccc(C)c(C)c2)S(C)(=O)=O)c1. The molecule has 0 aliphatic carbocycles. The normalized spacial score (nSPS) is 11.2. The molecule has 6 nitrogen and oxygen atoms in total. The Morgan fingerprint density at radius 2 is 1.83 bits per heavy atom. The molecule has 0 radical (unpaired) electrons. The van der Waals surface area contributed by atoms with Gasteiger partial charge < -0.3 is 10.1 Å². The highest BCUT2D eigenvalue weighted by Crippen LogP contribution is 2.21. The molecule has 0 aliphatic heterocycles. The molecule has 2 rings (SSSR count). The number of anilines is 1. The van der Waals surface area contributed by atoms with Crippen LogP contribution in [-0.2, 0) is 14.8 Å². The molecule has 0 saturated heterocycles. The highest BCUT2D eigenvalue weighted by Gasteiger charge is 2.18. The zero-order valence-corrected chi connectivity index (χ0v) is 18.4. The molecule has 0 atom stereocenters. The Hall–Kier alpha value is -2.54. The first-order valence-electron chi connectivity index (χ1n) is 9.68. The van der Waals surface area contributed by atoms with Gasteiger partial charge >= 0.3 is 0 Å². The van der Waals surface area contributed by atoms with Gasteiger partial charge in [0.25, 0.3) is 0 Å². The Bertz CT molecular complexity index is 942. The minimum Gasteiger partial charge on any atom is -0.492 e. The van der Waals surface area contributed by atoms with Gasteiger partial charge in [-0.2, -0.15) is 0 Å². The largest absolute Gasteiger partial charge is 0.492 e. The topological polar surface area (TPSA) is 75.7 Å². The minimum atomic E-state index is -3.42. The summed E-state index contributed by atoms with van der Waals surface area (Å²) in [6.07, 6.45) is 1.87. The average Bonchev–Trinajstić information content (AvgIpc) is 2.64. The van der Waals surface area contributed by atoms with Crippen LogP contribution >= 0.6 is 0 Å². The molecule has 0 aliphatic rings. The lowest BCUT2D eigenvalue weighted by molar-refractivity contribution is -0.121. The molecule has 0 bridgehead atoms. The summed E-state index contributed by atoms with van der Waals surface area (Å²) in [5.41, 5.74) is 3.88. The quantitative estimate of drug-likeness (QED) is 0.601. The number of nitrogens with zero attached hydrogens (tertiary/aromatic N) is 1. The number of hydrogen-bond acceptors (Lipinski definition) is 4. The molecule has 158 valence electrons. The van der Waals surface area contributed by atoms with Crippen LogP contribution in [0.4, 0.5) is 5.69 Å². The first-order valence-corrected chi connectivity index (χ1v) is 11.5. The first kappa shape index (κ1) is 22.7. The van der Waals surface area contributed by atoms with E-state index in [0.717, 1.165) is 22.4 Å². The summed E-state index contributed by atoms with van der Waals surface area (Å²) in [5.74, 6) is 0.655. The third-order valence-electron chi connectivity index (χ3n) is 4.63. The second-order valence-electron chi connectivity index (χ2n) is 7.22. The van der Waals surface area contributed by atoms with Gasteiger partial charge in [-0.3, -0.25) is 9.10 Å². The van der Waals surface area contributed by atoms with E-state index in [0.29, 0.717) is 25.3 Å². The summed E-state index contributed by atoms with van der Waals surface area (Å²) >= 11 is 0. The number of amides is 1. The van der Waals surface area contributed by atoms with Gasteiger partial charge in [-0.1, -0.05) is 18.2 Å². The van der Waals surface area contributed by atoms with E-state index in [9.17, 15) is 13.2 Å². The number of nitrogens with one attached hydrogen (secondary N) is 1. The number of ether oxygens (including phenoxy) is 1. The van der Waals surface area contributed by atoms with Crippen molar-refractivity contribution in [1.29, 1.82) is 0 Å². The highest BCUT2D eigenvalue weighted by atomic mass is 32.2. The third kappa shape index (κ3) is 7.42. The molecule has 0 unspecified atom stereocenters. The maximum Gasteiger partial charge on any atom is 0.232 e. The van der Waals surface area contributed by atoms with Crippen LogP contribution in [0.3, 0.4) is 0 Å². The van der Waals surface area contributed by atoms with Gasteiger partial charge in [-0.15, -0.1) is 0 Å². The summed E-state index contributed by atoms with van der Waals surface area (Å²) in [6, 6.07) is 13.3. The third-order valence-corrected chi connectivity index (χ3v) is 5.82. The van der Waals surface area contributed by atoms with Crippen molar-refractivity contribution in [1.82, 2.24) is 5.32 Å². The fraction of sp³-hybridized carbons (Fsp3) is 0.409. The molecule has 7 heteroatoms. The smallest absolute Gasteiger partial charge is 0.232 e. The Labute approximate surface area is 173 Å². The maximum atomic E-state index is 12.2. The number of carbonyl (C=O) groups is 1. The van der Waals surface area contributed by atoms with E-state index in [1.54, 1.807) is 6.07 Å². The van der Waals surface area contributed by atoms with E-state index >= 15 is 0 Å². The fourth-order valence-electron chi connectivity index (χ4n) is 2.90. The van der Waals surface area contributed by atoms with Crippen molar-refractivity contribution in [2.45, 2.75) is 33.6 Å². The zero-order valence-electron chi connectivity index (χ0n) is 17.6. The number of aryl methyl sites for hydroxylation is 3. The molecule has 1 amide bonds. The molecule has 0 aromatic heterocycles. The Kier molecular flexibility index (Phi) is 8.08. The summed E-state index contributed by atoms with van der Waals surface area (Å²) < 4.78 is 31.3. The Morgan fingerprint density at radius 1 is 1.07 bits per heavy atom. The number of benzene rings is 2. The molecule has 0 saturated carbocycles. The standard InChI is InChI=1S/C22H30N2O4S/c1-17-7-5-8-21(15-17)28-14-12-23-22(25)9-6-13-24(29(4,26)27)20-11-10-18(2)19(3)16-20/h5,7-8,10-11,15-16H,6,9,12-14H2,1-4H3,(H,23,25). The summed E-state index contributed by atoms with van der Waals surface area (Å²) in [5, 5.41) is 2.80. The molecular formula is C22H30N2O4S. The lowest BCUT2D eigenvalue weighted by Gasteiger charge is -2.23. The number of sulfonamides is 1. The van der Waals surface area contributed by atoms with E-state index < -0.39 is 10.0 Å². The van der Waals surface area contributed by atoms with Crippen LogP contribution in [0.2, 0.25) is 0 Å². The van der Waals surface area contributed by atoms with E-state index in [4.69, 9.17) is 4.74 Å². The summed E-state index contributed by atoms with van der Waals surface area (Å²) in [6.45, 7) is 6.97.